The van der Waals surface area contributed by atoms with Gasteiger partial charge in [-0.05, 0) is 43.5 Å². The van der Waals surface area contributed by atoms with Crippen molar-refractivity contribution in [1.82, 2.24) is 10.6 Å². The standard InChI is InChI=1S/C17H23F3N2O3/c1-24-15-9-12(4-6-14(15)25-11-17(18,19)20)5-7-16(23)22-13-3-2-8-21-10-13/h4,6,9,13,21H,2-3,5,7-8,10-11H2,1H3,(H,22,23)/t13-/m0/s1. The summed E-state index contributed by atoms with van der Waals surface area (Å²) in [5.41, 5.74) is 0.799. The third-order valence-corrected chi connectivity index (χ3v) is 3.92. The topological polar surface area (TPSA) is 59.6 Å². The Labute approximate surface area is 144 Å². The van der Waals surface area contributed by atoms with Crippen molar-refractivity contribution < 1.29 is 27.4 Å². The van der Waals surface area contributed by atoms with Gasteiger partial charge in [0.2, 0.25) is 5.91 Å². The summed E-state index contributed by atoms with van der Waals surface area (Å²) in [6.45, 7) is 0.389. The van der Waals surface area contributed by atoms with Crippen molar-refractivity contribution in [2.24, 2.45) is 0 Å². The smallest absolute Gasteiger partial charge is 0.422 e. The van der Waals surface area contributed by atoms with E-state index in [1.807, 2.05) is 0 Å². The fraction of sp³-hybridized carbons (Fsp3) is 0.588. The van der Waals surface area contributed by atoms with Gasteiger partial charge < -0.3 is 20.1 Å². The van der Waals surface area contributed by atoms with E-state index < -0.39 is 12.8 Å². The Bertz CT molecular complexity index is 573. The summed E-state index contributed by atoms with van der Waals surface area (Å²) in [6.07, 6.45) is -1.61. The van der Waals surface area contributed by atoms with Crippen LogP contribution in [-0.4, -0.2) is 44.9 Å². The van der Waals surface area contributed by atoms with E-state index in [0.717, 1.165) is 31.5 Å². The number of hydrogen-bond donors (Lipinski definition) is 2. The summed E-state index contributed by atoms with van der Waals surface area (Å²) < 4.78 is 46.5. The van der Waals surface area contributed by atoms with Crippen LogP contribution < -0.4 is 20.1 Å². The number of methoxy groups -OCH3 is 1. The maximum absolute atomic E-state index is 12.2. The summed E-state index contributed by atoms with van der Waals surface area (Å²) in [6, 6.07) is 4.84. The lowest BCUT2D eigenvalue weighted by atomic mass is 10.1. The Morgan fingerprint density at radius 2 is 2.16 bits per heavy atom. The minimum Gasteiger partial charge on any atom is -0.493 e. The molecule has 0 radical (unpaired) electrons. The molecule has 140 valence electrons. The number of halogens is 3. The Hall–Kier alpha value is -1.96. The first-order valence-corrected chi connectivity index (χ1v) is 8.24. The summed E-state index contributed by atoms with van der Waals surface area (Å²) in [5.74, 6) is 0.213. The number of aryl methyl sites for hydroxylation is 1. The van der Waals surface area contributed by atoms with E-state index in [4.69, 9.17) is 9.47 Å². The fourth-order valence-corrected chi connectivity index (χ4v) is 2.68. The maximum atomic E-state index is 12.2. The molecule has 1 aromatic rings. The number of ether oxygens (including phenoxy) is 2. The van der Waals surface area contributed by atoms with Gasteiger partial charge >= 0.3 is 6.18 Å². The third kappa shape index (κ3) is 6.81. The molecule has 1 aromatic carbocycles. The first-order chi connectivity index (χ1) is 11.9. The second-order valence-corrected chi connectivity index (χ2v) is 6.00. The van der Waals surface area contributed by atoms with Crippen LogP contribution in [0.15, 0.2) is 18.2 Å². The van der Waals surface area contributed by atoms with Gasteiger partial charge in [-0.2, -0.15) is 13.2 Å². The zero-order valence-corrected chi connectivity index (χ0v) is 14.1. The number of alkyl halides is 3. The molecule has 1 aliphatic rings. The summed E-state index contributed by atoms with van der Waals surface area (Å²) in [4.78, 5) is 12.0. The molecular weight excluding hydrogens is 337 g/mol. The van der Waals surface area contributed by atoms with Crippen molar-refractivity contribution in [1.29, 1.82) is 0 Å². The van der Waals surface area contributed by atoms with Gasteiger partial charge in [0.25, 0.3) is 0 Å². The number of carbonyl (C=O) groups excluding carboxylic acids is 1. The summed E-state index contributed by atoms with van der Waals surface area (Å²) in [5, 5.41) is 6.22. The van der Waals surface area contributed by atoms with Crippen LogP contribution in [-0.2, 0) is 11.2 Å². The van der Waals surface area contributed by atoms with Crippen molar-refractivity contribution in [2.75, 3.05) is 26.8 Å². The molecule has 0 spiro atoms. The lowest BCUT2D eigenvalue weighted by molar-refractivity contribution is -0.153. The van der Waals surface area contributed by atoms with E-state index >= 15 is 0 Å². The quantitative estimate of drug-likeness (QED) is 0.784. The predicted octanol–water partition coefficient (Wildman–Crippen LogP) is 2.44. The molecule has 1 atom stereocenters. The summed E-state index contributed by atoms with van der Waals surface area (Å²) in [7, 11) is 1.36. The number of rotatable bonds is 7. The first-order valence-electron chi connectivity index (χ1n) is 8.24. The van der Waals surface area contributed by atoms with Crippen LogP contribution in [0.4, 0.5) is 13.2 Å². The highest BCUT2D eigenvalue weighted by atomic mass is 19.4. The van der Waals surface area contributed by atoms with Gasteiger partial charge in [-0.25, -0.2) is 0 Å². The number of benzene rings is 1. The van der Waals surface area contributed by atoms with Crippen LogP contribution >= 0.6 is 0 Å². The molecule has 25 heavy (non-hydrogen) atoms. The Morgan fingerprint density at radius 3 is 2.80 bits per heavy atom. The SMILES string of the molecule is COc1cc(CCC(=O)N[C@H]2CCCNC2)ccc1OCC(F)(F)F. The van der Waals surface area contributed by atoms with Gasteiger partial charge in [-0.15, -0.1) is 0 Å². The highest BCUT2D eigenvalue weighted by Gasteiger charge is 2.29. The molecule has 2 N–H and O–H groups in total. The number of nitrogens with one attached hydrogen (secondary N) is 2. The Balaban J connectivity index is 1.86. The van der Waals surface area contributed by atoms with Gasteiger partial charge in [0, 0.05) is 19.0 Å². The lowest BCUT2D eigenvalue weighted by Crippen LogP contribution is -2.45. The van der Waals surface area contributed by atoms with Crippen LogP contribution in [0.5, 0.6) is 11.5 Å². The molecule has 0 aromatic heterocycles. The normalized spacial score (nSPS) is 17.8. The van der Waals surface area contributed by atoms with E-state index in [-0.39, 0.29) is 23.4 Å². The number of amides is 1. The Kier molecular flexibility index (Phi) is 6.92. The molecule has 1 saturated heterocycles. The zero-order valence-electron chi connectivity index (χ0n) is 14.1. The van der Waals surface area contributed by atoms with Crippen molar-refractivity contribution >= 4 is 5.91 Å². The van der Waals surface area contributed by atoms with Crippen molar-refractivity contribution in [3.05, 3.63) is 23.8 Å². The third-order valence-electron chi connectivity index (χ3n) is 3.92. The minimum atomic E-state index is -4.41. The van der Waals surface area contributed by atoms with Crippen molar-refractivity contribution in [3.63, 3.8) is 0 Å². The minimum absolute atomic E-state index is 0.0290. The van der Waals surface area contributed by atoms with E-state index in [0.29, 0.717) is 12.8 Å². The first kappa shape index (κ1) is 19.4. The molecular formula is C17H23F3N2O3. The lowest BCUT2D eigenvalue weighted by Gasteiger charge is -2.23. The van der Waals surface area contributed by atoms with E-state index in [1.54, 1.807) is 12.1 Å². The van der Waals surface area contributed by atoms with Gasteiger partial charge in [0.15, 0.2) is 18.1 Å². The zero-order chi connectivity index (χ0) is 18.3. The molecule has 5 nitrogen and oxygen atoms in total. The molecule has 0 aliphatic carbocycles. The van der Waals surface area contributed by atoms with Gasteiger partial charge in [-0.3, -0.25) is 4.79 Å². The molecule has 1 amide bonds. The van der Waals surface area contributed by atoms with Gasteiger partial charge in [0.05, 0.1) is 7.11 Å². The molecule has 8 heteroatoms. The molecule has 0 bridgehead atoms. The fourth-order valence-electron chi connectivity index (χ4n) is 2.68. The average molecular weight is 360 g/mol. The maximum Gasteiger partial charge on any atom is 0.422 e. The van der Waals surface area contributed by atoms with Crippen molar-refractivity contribution in [3.8, 4) is 11.5 Å². The molecule has 0 saturated carbocycles. The monoisotopic (exact) mass is 360 g/mol. The average Bonchev–Trinajstić information content (AvgIpc) is 2.58. The second-order valence-electron chi connectivity index (χ2n) is 6.00. The number of hydrogen-bond acceptors (Lipinski definition) is 4. The highest BCUT2D eigenvalue weighted by Crippen LogP contribution is 2.30. The van der Waals surface area contributed by atoms with Crippen LogP contribution in [0.25, 0.3) is 0 Å². The molecule has 2 rings (SSSR count). The largest absolute Gasteiger partial charge is 0.493 e. The van der Waals surface area contributed by atoms with Gasteiger partial charge in [0.1, 0.15) is 0 Å². The van der Waals surface area contributed by atoms with E-state index in [2.05, 4.69) is 10.6 Å². The predicted molar refractivity (Wildman–Crippen MR) is 86.9 cm³/mol. The molecule has 0 unspecified atom stereocenters. The van der Waals surface area contributed by atoms with E-state index in [9.17, 15) is 18.0 Å². The number of carbonyl (C=O) groups is 1. The van der Waals surface area contributed by atoms with Crippen LogP contribution in [0, 0.1) is 0 Å². The van der Waals surface area contributed by atoms with Crippen LogP contribution in [0.3, 0.4) is 0 Å². The highest BCUT2D eigenvalue weighted by molar-refractivity contribution is 5.76. The Morgan fingerprint density at radius 1 is 1.36 bits per heavy atom. The van der Waals surface area contributed by atoms with Crippen molar-refractivity contribution in [2.45, 2.75) is 37.9 Å². The van der Waals surface area contributed by atoms with Gasteiger partial charge in [-0.1, -0.05) is 6.07 Å². The molecule has 1 aliphatic heterocycles. The molecule has 1 heterocycles. The second kappa shape index (κ2) is 8.94. The van der Waals surface area contributed by atoms with E-state index in [1.165, 1.54) is 13.2 Å². The summed E-state index contributed by atoms with van der Waals surface area (Å²) >= 11 is 0. The van der Waals surface area contributed by atoms with Crippen LogP contribution in [0.2, 0.25) is 0 Å². The number of piperidine rings is 1. The molecule has 1 fully saturated rings. The van der Waals surface area contributed by atoms with Crippen LogP contribution in [0.1, 0.15) is 24.8 Å².